The number of urea groups is 1. The van der Waals surface area contributed by atoms with Crippen molar-refractivity contribution in [3.8, 4) is 0 Å². The molecule has 1 rings (SSSR count). The van der Waals surface area contributed by atoms with Gasteiger partial charge in [-0.05, 0) is 31.9 Å². The number of rotatable bonds is 5. The van der Waals surface area contributed by atoms with Gasteiger partial charge in [0.1, 0.15) is 0 Å². The minimum Gasteiger partial charge on any atom is -0.341 e. The van der Waals surface area contributed by atoms with Gasteiger partial charge >= 0.3 is 6.03 Å². The van der Waals surface area contributed by atoms with Gasteiger partial charge in [0.15, 0.2) is 12.6 Å². The third-order valence-corrected chi connectivity index (χ3v) is 3.78. The molecule has 0 radical (unpaired) electrons. The number of likely N-dealkylation sites (N-methyl/N-ethyl adjacent to an activating group) is 1. The number of hydrogen-bond acceptors (Lipinski definition) is 3. The van der Waals surface area contributed by atoms with Crippen LogP contribution in [0.5, 0.6) is 0 Å². The van der Waals surface area contributed by atoms with Crippen LogP contribution >= 0.6 is 0 Å². The molecule has 2 atom stereocenters. The van der Waals surface area contributed by atoms with E-state index < -0.39 is 18.0 Å². The average molecular weight is 321 g/mol. The number of anilines is 1. The van der Waals surface area contributed by atoms with E-state index in [2.05, 4.69) is 16.0 Å². The van der Waals surface area contributed by atoms with Crippen LogP contribution in [0.1, 0.15) is 18.1 Å². The number of benzene rings is 1. The number of imide groups is 1. The lowest BCUT2D eigenvalue weighted by molar-refractivity contribution is -0.885. The zero-order valence-corrected chi connectivity index (χ0v) is 14.2. The van der Waals surface area contributed by atoms with E-state index in [4.69, 9.17) is 0 Å². The Morgan fingerprint density at radius 3 is 2.26 bits per heavy atom. The topological polar surface area (TPSA) is 91.7 Å². The summed E-state index contributed by atoms with van der Waals surface area (Å²) in [7, 11) is 3.17. The number of nitrogens with one attached hydrogen (secondary N) is 4. The van der Waals surface area contributed by atoms with Crippen molar-refractivity contribution in [2.45, 2.75) is 26.8 Å². The molecule has 0 fully saturated rings. The number of quaternary nitrogens is 1. The fourth-order valence-electron chi connectivity index (χ4n) is 2.11. The second-order valence-electron chi connectivity index (χ2n) is 5.63. The minimum atomic E-state index is -0.561. The van der Waals surface area contributed by atoms with Gasteiger partial charge in [0, 0.05) is 12.7 Å². The second-order valence-corrected chi connectivity index (χ2v) is 5.63. The lowest BCUT2D eigenvalue weighted by Gasteiger charge is -2.20. The van der Waals surface area contributed by atoms with Gasteiger partial charge in [0.05, 0.1) is 7.05 Å². The summed E-state index contributed by atoms with van der Waals surface area (Å²) in [5, 5.41) is 7.41. The standard InChI is InChI=1S/C16H24N4O3/c1-10-7-6-8-11(2)14(10)18-13(21)9-20(5)12(3)15(22)19-16(23)17-4/h6-8,12H,9H2,1-5H3,(H,18,21)(H2,17,19,22,23)/p+1/t12-/m1/s1. The van der Waals surface area contributed by atoms with Crippen molar-refractivity contribution in [2.75, 3.05) is 26.0 Å². The molecule has 4 N–H and O–H groups in total. The predicted octanol–water partition coefficient (Wildman–Crippen LogP) is -0.399. The van der Waals surface area contributed by atoms with Crippen molar-refractivity contribution < 1.29 is 19.3 Å². The molecule has 0 aliphatic carbocycles. The molecule has 0 aliphatic rings. The Kier molecular flexibility index (Phi) is 6.71. The van der Waals surface area contributed by atoms with Crippen molar-refractivity contribution in [3.05, 3.63) is 29.3 Å². The van der Waals surface area contributed by atoms with Crippen LogP contribution < -0.4 is 20.9 Å². The van der Waals surface area contributed by atoms with Gasteiger partial charge in [0.2, 0.25) is 0 Å². The third-order valence-electron chi connectivity index (χ3n) is 3.78. The van der Waals surface area contributed by atoms with Crippen molar-refractivity contribution >= 4 is 23.5 Å². The Labute approximate surface area is 136 Å². The highest BCUT2D eigenvalue weighted by Crippen LogP contribution is 2.18. The first-order valence-electron chi connectivity index (χ1n) is 7.47. The molecule has 1 aromatic rings. The Balaban J connectivity index is 2.63. The van der Waals surface area contributed by atoms with Gasteiger partial charge < -0.3 is 15.5 Å². The lowest BCUT2D eigenvalue weighted by Crippen LogP contribution is -3.15. The molecule has 0 saturated carbocycles. The highest BCUT2D eigenvalue weighted by molar-refractivity contribution is 5.96. The molecule has 0 spiro atoms. The molecule has 0 aliphatic heterocycles. The van der Waals surface area contributed by atoms with Crippen molar-refractivity contribution in [1.29, 1.82) is 0 Å². The van der Waals surface area contributed by atoms with Crippen LogP contribution in [0.25, 0.3) is 0 Å². The smallest absolute Gasteiger partial charge is 0.321 e. The average Bonchev–Trinajstić information content (AvgIpc) is 2.49. The summed E-state index contributed by atoms with van der Waals surface area (Å²) < 4.78 is 0. The molecular formula is C16H25N4O3+. The number of carbonyl (C=O) groups excluding carboxylic acids is 3. The van der Waals surface area contributed by atoms with Gasteiger partial charge in [-0.15, -0.1) is 0 Å². The highest BCUT2D eigenvalue weighted by atomic mass is 16.2. The first kappa shape index (κ1) is 18.6. The van der Waals surface area contributed by atoms with E-state index in [9.17, 15) is 14.4 Å². The molecule has 4 amide bonds. The van der Waals surface area contributed by atoms with E-state index in [1.165, 1.54) is 7.05 Å². The summed E-state index contributed by atoms with van der Waals surface area (Å²) in [5.74, 6) is -0.610. The molecule has 1 unspecified atom stereocenters. The monoisotopic (exact) mass is 321 g/mol. The summed E-state index contributed by atoms with van der Waals surface area (Å²) in [6, 6.07) is 4.70. The normalized spacial score (nSPS) is 12.9. The van der Waals surface area contributed by atoms with E-state index in [1.807, 2.05) is 32.0 Å². The van der Waals surface area contributed by atoms with Crippen molar-refractivity contribution in [2.24, 2.45) is 0 Å². The Hall–Kier alpha value is -2.41. The van der Waals surface area contributed by atoms with Crippen LogP contribution in [0.15, 0.2) is 18.2 Å². The summed E-state index contributed by atoms with van der Waals surface area (Å²) >= 11 is 0. The molecule has 1 aromatic carbocycles. The molecule has 23 heavy (non-hydrogen) atoms. The van der Waals surface area contributed by atoms with Gasteiger partial charge in [-0.25, -0.2) is 4.79 Å². The number of amides is 4. The molecule has 0 bridgehead atoms. The van der Waals surface area contributed by atoms with Gasteiger partial charge in [0.25, 0.3) is 11.8 Å². The van der Waals surface area contributed by atoms with E-state index >= 15 is 0 Å². The van der Waals surface area contributed by atoms with Crippen LogP contribution in [-0.2, 0) is 9.59 Å². The first-order valence-corrected chi connectivity index (χ1v) is 7.47. The van der Waals surface area contributed by atoms with E-state index in [1.54, 1.807) is 14.0 Å². The fraction of sp³-hybridized carbons (Fsp3) is 0.438. The number of hydrogen-bond donors (Lipinski definition) is 4. The van der Waals surface area contributed by atoms with Gasteiger partial charge in [-0.1, -0.05) is 18.2 Å². The van der Waals surface area contributed by atoms with Crippen LogP contribution in [0, 0.1) is 13.8 Å². The second kappa shape index (κ2) is 8.28. The fourth-order valence-corrected chi connectivity index (χ4v) is 2.11. The summed E-state index contributed by atoms with van der Waals surface area (Å²) in [6.45, 7) is 5.65. The highest BCUT2D eigenvalue weighted by Gasteiger charge is 2.25. The molecule has 0 heterocycles. The summed E-state index contributed by atoms with van der Waals surface area (Å²) in [6.07, 6.45) is 0. The summed E-state index contributed by atoms with van der Waals surface area (Å²) in [4.78, 5) is 35.9. The third kappa shape index (κ3) is 5.37. The van der Waals surface area contributed by atoms with Crippen LogP contribution in [-0.4, -0.2) is 44.5 Å². The molecule has 7 nitrogen and oxygen atoms in total. The maximum absolute atomic E-state index is 12.2. The van der Waals surface area contributed by atoms with E-state index in [0.29, 0.717) is 4.90 Å². The molecule has 126 valence electrons. The maximum Gasteiger partial charge on any atom is 0.321 e. The maximum atomic E-state index is 12.2. The van der Waals surface area contributed by atoms with Gasteiger partial charge in [-0.3, -0.25) is 14.9 Å². The quantitative estimate of drug-likeness (QED) is 0.595. The van der Waals surface area contributed by atoms with Gasteiger partial charge in [-0.2, -0.15) is 0 Å². The first-order chi connectivity index (χ1) is 10.8. The van der Waals surface area contributed by atoms with E-state index in [-0.39, 0.29) is 12.5 Å². The zero-order chi connectivity index (χ0) is 17.6. The molecule has 0 aromatic heterocycles. The number of aryl methyl sites for hydroxylation is 2. The Morgan fingerprint density at radius 2 is 1.74 bits per heavy atom. The van der Waals surface area contributed by atoms with Crippen molar-refractivity contribution in [3.63, 3.8) is 0 Å². The van der Waals surface area contributed by atoms with Crippen molar-refractivity contribution in [1.82, 2.24) is 10.6 Å². The number of para-hydroxylation sites is 1. The largest absolute Gasteiger partial charge is 0.341 e. The molecular weight excluding hydrogens is 296 g/mol. The van der Waals surface area contributed by atoms with Crippen LogP contribution in [0.4, 0.5) is 10.5 Å². The zero-order valence-electron chi connectivity index (χ0n) is 14.2. The predicted molar refractivity (Wildman–Crippen MR) is 88.4 cm³/mol. The molecule has 7 heteroatoms. The lowest BCUT2D eigenvalue weighted by atomic mass is 10.1. The Morgan fingerprint density at radius 1 is 1.17 bits per heavy atom. The van der Waals surface area contributed by atoms with Crippen LogP contribution in [0.2, 0.25) is 0 Å². The van der Waals surface area contributed by atoms with E-state index in [0.717, 1.165) is 16.8 Å². The molecule has 0 saturated heterocycles. The Bertz CT molecular complexity index is 581. The van der Waals surface area contributed by atoms with Crippen LogP contribution in [0.3, 0.4) is 0 Å². The number of carbonyl (C=O) groups is 3. The summed E-state index contributed by atoms with van der Waals surface area (Å²) in [5.41, 5.74) is 2.77. The minimum absolute atomic E-state index is 0.121. The SMILES string of the molecule is CNC(=O)NC(=O)[C@@H](C)[NH+](C)CC(=O)Nc1c(C)cccc1C.